The first-order valence-corrected chi connectivity index (χ1v) is 7.25. The Bertz CT molecular complexity index is 741. The number of aryl methyl sites for hydroxylation is 1. The predicted octanol–water partition coefficient (Wildman–Crippen LogP) is 4.88. The molecule has 20 heavy (non-hydrogen) atoms. The highest BCUT2D eigenvalue weighted by Crippen LogP contribution is 2.30. The first kappa shape index (κ1) is 13.1. The van der Waals surface area contributed by atoms with Gasteiger partial charge in [-0.25, -0.2) is 0 Å². The van der Waals surface area contributed by atoms with Crippen LogP contribution in [0.5, 0.6) is 5.75 Å². The largest absolute Gasteiger partial charge is 0.486 e. The van der Waals surface area contributed by atoms with Crippen LogP contribution < -0.4 is 4.74 Å². The van der Waals surface area contributed by atoms with Crippen molar-refractivity contribution >= 4 is 26.7 Å². The summed E-state index contributed by atoms with van der Waals surface area (Å²) in [5.41, 5.74) is 2.07. The van der Waals surface area contributed by atoms with E-state index in [4.69, 9.17) is 4.74 Å². The molecular weight excluding hydrogens is 314 g/mol. The molecule has 0 aliphatic rings. The Kier molecular flexibility index (Phi) is 3.70. The van der Waals surface area contributed by atoms with E-state index in [0.717, 1.165) is 32.3 Å². The molecule has 2 aromatic carbocycles. The van der Waals surface area contributed by atoms with E-state index in [1.807, 2.05) is 37.4 Å². The zero-order chi connectivity index (χ0) is 13.9. The van der Waals surface area contributed by atoms with Crippen LogP contribution in [0.4, 0.5) is 0 Å². The fourth-order valence-corrected chi connectivity index (χ4v) is 2.56. The highest BCUT2D eigenvalue weighted by molar-refractivity contribution is 9.10. The van der Waals surface area contributed by atoms with Gasteiger partial charge in [-0.05, 0) is 30.7 Å². The average molecular weight is 328 g/mol. The maximum absolute atomic E-state index is 6.00. The van der Waals surface area contributed by atoms with Crippen molar-refractivity contribution in [2.75, 3.05) is 0 Å². The quantitative estimate of drug-likeness (QED) is 0.683. The molecule has 0 fully saturated rings. The third kappa shape index (κ3) is 2.68. The van der Waals surface area contributed by atoms with Gasteiger partial charge in [-0.3, -0.25) is 4.98 Å². The minimum atomic E-state index is 0.554. The van der Waals surface area contributed by atoms with Gasteiger partial charge in [0.1, 0.15) is 12.4 Å². The number of ether oxygens (including phenoxy) is 1. The molecule has 0 unspecified atom stereocenters. The molecule has 0 aliphatic heterocycles. The first-order chi connectivity index (χ1) is 9.74. The number of fused-ring (bicyclic) bond motifs is 1. The van der Waals surface area contributed by atoms with Crippen LogP contribution in [-0.4, -0.2) is 4.98 Å². The summed E-state index contributed by atoms with van der Waals surface area (Å²) < 4.78 is 7.04. The monoisotopic (exact) mass is 327 g/mol. The Morgan fingerprint density at radius 1 is 1.10 bits per heavy atom. The zero-order valence-corrected chi connectivity index (χ0v) is 12.7. The molecule has 100 valence electrons. The number of pyridine rings is 1. The number of aromatic nitrogens is 1. The normalized spacial score (nSPS) is 10.7. The van der Waals surface area contributed by atoms with Crippen molar-refractivity contribution in [2.45, 2.75) is 13.5 Å². The highest BCUT2D eigenvalue weighted by atomic mass is 79.9. The van der Waals surface area contributed by atoms with Crippen molar-refractivity contribution in [3.05, 3.63) is 70.5 Å². The van der Waals surface area contributed by atoms with Crippen molar-refractivity contribution in [3.63, 3.8) is 0 Å². The Labute approximate surface area is 126 Å². The molecule has 0 amide bonds. The third-order valence-corrected chi connectivity index (χ3v) is 3.70. The summed E-state index contributed by atoms with van der Waals surface area (Å²) in [7, 11) is 0. The minimum absolute atomic E-state index is 0.554. The molecule has 0 spiro atoms. The van der Waals surface area contributed by atoms with Gasteiger partial charge in [-0.2, -0.15) is 0 Å². The van der Waals surface area contributed by atoms with Gasteiger partial charge in [-0.15, -0.1) is 0 Å². The number of hydrogen-bond acceptors (Lipinski definition) is 2. The number of hydrogen-bond donors (Lipinski definition) is 0. The molecule has 0 atom stereocenters. The van der Waals surface area contributed by atoms with Crippen molar-refractivity contribution in [3.8, 4) is 5.75 Å². The SMILES string of the molecule is Cc1ncc2cc(Br)ccc2c1OCc1ccccc1. The molecule has 0 saturated heterocycles. The molecule has 0 bridgehead atoms. The Morgan fingerprint density at radius 2 is 1.90 bits per heavy atom. The summed E-state index contributed by atoms with van der Waals surface area (Å²) in [5.74, 6) is 0.860. The van der Waals surface area contributed by atoms with Crippen molar-refractivity contribution in [1.82, 2.24) is 4.98 Å². The summed E-state index contributed by atoms with van der Waals surface area (Å²) in [4.78, 5) is 4.41. The van der Waals surface area contributed by atoms with Crippen LogP contribution in [0.15, 0.2) is 59.2 Å². The van der Waals surface area contributed by atoms with Crippen LogP contribution in [0.1, 0.15) is 11.3 Å². The lowest BCUT2D eigenvalue weighted by molar-refractivity contribution is 0.306. The van der Waals surface area contributed by atoms with Crippen molar-refractivity contribution < 1.29 is 4.74 Å². The summed E-state index contributed by atoms with van der Waals surface area (Å²) in [6.07, 6.45) is 1.88. The van der Waals surface area contributed by atoms with Gasteiger partial charge < -0.3 is 4.74 Å². The Hall–Kier alpha value is -1.87. The van der Waals surface area contributed by atoms with Crippen LogP contribution in [0.3, 0.4) is 0 Å². The fourth-order valence-electron chi connectivity index (χ4n) is 2.18. The molecule has 0 radical (unpaired) electrons. The standard InChI is InChI=1S/C17H14BrNO/c1-12-17(20-11-13-5-3-2-4-6-13)16-8-7-15(18)9-14(16)10-19-12/h2-10H,11H2,1H3. The molecule has 3 heteroatoms. The van der Waals surface area contributed by atoms with Gasteiger partial charge in [0.15, 0.2) is 0 Å². The molecule has 2 nitrogen and oxygen atoms in total. The second-order valence-electron chi connectivity index (χ2n) is 4.68. The lowest BCUT2D eigenvalue weighted by atomic mass is 10.1. The van der Waals surface area contributed by atoms with Crippen molar-refractivity contribution in [2.24, 2.45) is 0 Å². The van der Waals surface area contributed by atoms with Crippen LogP contribution in [0.2, 0.25) is 0 Å². The molecule has 1 heterocycles. The lowest BCUT2D eigenvalue weighted by Gasteiger charge is -2.12. The number of nitrogens with zero attached hydrogens (tertiary/aromatic N) is 1. The van der Waals surface area contributed by atoms with E-state index in [2.05, 4.69) is 45.2 Å². The smallest absolute Gasteiger partial charge is 0.148 e. The van der Waals surface area contributed by atoms with E-state index >= 15 is 0 Å². The first-order valence-electron chi connectivity index (χ1n) is 6.45. The third-order valence-electron chi connectivity index (χ3n) is 3.21. The highest BCUT2D eigenvalue weighted by Gasteiger charge is 2.08. The zero-order valence-electron chi connectivity index (χ0n) is 11.1. The fraction of sp³-hybridized carbons (Fsp3) is 0.118. The Balaban J connectivity index is 1.96. The topological polar surface area (TPSA) is 22.1 Å². The summed E-state index contributed by atoms with van der Waals surface area (Å²) in [5, 5.41) is 2.17. The summed E-state index contributed by atoms with van der Waals surface area (Å²) in [6, 6.07) is 16.3. The number of halogens is 1. The van der Waals surface area contributed by atoms with Gasteiger partial charge in [0, 0.05) is 21.4 Å². The van der Waals surface area contributed by atoms with E-state index in [9.17, 15) is 0 Å². The maximum Gasteiger partial charge on any atom is 0.148 e. The maximum atomic E-state index is 6.00. The van der Waals surface area contributed by atoms with E-state index in [0.29, 0.717) is 6.61 Å². The summed E-state index contributed by atoms with van der Waals surface area (Å²) >= 11 is 3.48. The van der Waals surface area contributed by atoms with E-state index in [1.54, 1.807) is 0 Å². The molecule has 1 aromatic heterocycles. The van der Waals surface area contributed by atoms with Gasteiger partial charge >= 0.3 is 0 Å². The molecule has 0 saturated carbocycles. The van der Waals surface area contributed by atoms with E-state index in [1.165, 1.54) is 0 Å². The van der Waals surface area contributed by atoms with Crippen LogP contribution in [0.25, 0.3) is 10.8 Å². The van der Waals surface area contributed by atoms with Crippen LogP contribution in [-0.2, 0) is 6.61 Å². The number of benzene rings is 2. The number of rotatable bonds is 3. The Morgan fingerprint density at radius 3 is 2.70 bits per heavy atom. The second-order valence-corrected chi connectivity index (χ2v) is 5.59. The van der Waals surface area contributed by atoms with Gasteiger partial charge in [0.2, 0.25) is 0 Å². The van der Waals surface area contributed by atoms with Crippen LogP contribution >= 0.6 is 15.9 Å². The van der Waals surface area contributed by atoms with E-state index < -0.39 is 0 Å². The molecule has 3 aromatic rings. The lowest BCUT2D eigenvalue weighted by Crippen LogP contribution is -1.99. The second kappa shape index (κ2) is 5.63. The average Bonchev–Trinajstić information content (AvgIpc) is 2.47. The van der Waals surface area contributed by atoms with Gasteiger partial charge in [-0.1, -0.05) is 46.3 Å². The van der Waals surface area contributed by atoms with Gasteiger partial charge in [0.25, 0.3) is 0 Å². The molecule has 0 N–H and O–H groups in total. The van der Waals surface area contributed by atoms with Crippen LogP contribution in [0, 0.1) is 6.92 Å². The van der Waals surface area contributed by atoms with Crippen molar-refractivity contribution in [1.29, 1.82) is 0 Å². The molecular formula is C17H14BrNO. The molecule has 3 rings (SSSR count). The predicted molar refractivity (Wildman–Crippen MR) is 85.0 cm³/mol. The van der Waals surface area contributed by atoms with E-state index in [-0.39, 0.29) is 0 Å². The minimum Gasteiger partial charge on any atom is -0.486 e. The van der Waals surface area contributed by atoms with Gasteiger partial charge in [0.05, 0.1) is 5.69 Å². The summed E-state index contributed by atoms with van der Waals surface area (Å²) in [6.45, 7) is 2.53. The molecule has 0 aliphatic carbocycles.